The molecule has 6 nitrogen and oxygen atoms in total. The Hall–Kier alpha value is -1.95. The van der Waals surface area contributed by atoms with Crippen LogP contribution in [0.25, 0.3) is 0 Å². The van der Waals surface area contributed by atoms with Crippen LogP contribution >= 0.6 is 0 Å². The fourth-order valence-corrected chi connectivity index (χ4v) is 3.64. The van der Waals surface area contributed by atoms with Gasteiger partial charge in [-0.15, -0.1) is 0 Å². The number of nitrogens with two attached hydrogens (primary N) is 1. The van der Waals surface area contributed by atoms with Gasteiger partial charge in [-0.25, -0.2) is 0 Å². The van der Waals surface area contributed by atoms with E-state index in [2.05, 4.69) is 10.3 Å². The number of methoxy groups -OCH3 is 1. The van der Waals surface area contributed by atoms with Gasteiger partial charge < -0.3 is 25.3 Å². The molecule has 1 aromatic carbocycles. The maximum absolute atomic E-state index is 6.11. The summed E-state index contributed by atoms with van der Waals surface area (Å²) >= 11 is 0. The van der Waals surface area contributed by atoms with Crippen LogP contribution in [0, 0.1) is 5.41 Å². The molecule has 25 heavy (non-hydrogen) atoms. The van der Waals surface area contributed by atoms with Crippen molar-refractivity contribution in [1.29, 1.82) is 0 Å². The van der Waals surface area contributed by atoms with E-state index in [-0.39, 0.29) is 5.41 Å². The first-order valence-corrected chi connectivity index (χ1v) is 9.16. The Morgan fingerprint density at radius 3 is 2.68 bits per heavy atom. The Labute approximate surface area is 149 Å². The lowest BCUT2D eigenvalue weighted by atomic mass is 9.75. The van der Waals surface area contributed by atoms with Crippen molar-refractivity contribution in [3.05, 3.63) is 18.2 Å². The zero-order valence-corrected chi connectivity index (χ0v) is 15.1. The van der Waals surface area contributed by atoms with Crippen LogP contribution in [0.1, 0.15) is 38.5 Å². The standard InChI is InChI=1S/C19H29N3O3/c1-23-14-19(8-3-2-4-9-19)13-21-18(20)22-15-6-7-16-17(12-15)25-11-5-10-24-16/h6-7,12H,2-5,8-11,13-14H2,1H3,(H3,20,21,22). The lowest BCUT2D eigenvalue weighted by molar-refractivity contribution is 0.0555. The maximum atomic E-state index is 6.11. The van der Waals surface area contributed by atoms with Crippen molar-refractivity contribution in [2.45, 2.75) is 38.5 Å². The number of hydrogen-bond donors (Lipinski definition) is 2. The lowest BCUT2D eigenvalue weighted by Gasteiger charge is -2.35. The number of rotatable bonds is 5. The third kappa shape index (κ3) is 4.78. The van der Waals surface area contributed by atoms with Gasteiger partial charge in [0.05, 0.1) is 26.4 Å². The highest BCUT2D eigenvalue weighted by molar-refractivity contribution is 5.92. The molecule has 0 atom stereocenters. The van der Waals surface area contributed by atoms with Crippen LogP contribution in [0.2, 0.25) is 0 Å². The Morgan fingerprint density at radius 2 is 1.92 bits per heavy atom. The average Bonchev–Trinajstić information content (AvgIpc) is 2.86. The van der Waals surface area contributed by atoms with E-state index >= 15 is 0 Å². The highest BCUT2D eigenvalue weighted by Gasteiger charge is 2.31. The second kappa shape index (κ2) is 8.43. The van der Waals surface area contributed by atoms with E-state index in [4.69, 9.17) is 19.9 Å². The Morgan fingerprint density at radius 1 is 1.16 bits per heavy atom. The molecule has 3 rings (SSSR count). The second-order valence-corrected chi connectivity index (χ2v) is 7.03. The third-order valence-electron chi connectivity index (χ3n) is 4.97. The van der Waals surface area contributed by atoms with E-state index in [0.29, 0.717) is 25.7 Å². The van der Waals surface area contributed by atoms with Crippen molar-refractivity contribution in [2.24, 2.45) is 16.1 Å². The largest absolute Gasteiger partial charge is 0.490 e. The quantitative estimate of drug-likeness (QED) is 0.632. The van der Waals surface area contributed by atoms with E-state index in [9.17, 15) is 0 Å². The van der Waals surface area contributed by atoms with Crippen molar-refractivity contribution < 1.29 is 14.2 Å². The molecule has 0 bridgehead atoms. The van der Waals surface area contributed by atoms with Crippen LogP contribution in [0.4, 0.5) is 5.69 Å². The van der Waals surface area contributed by atoms with Crippen molar-refractivity contribution in [3.8, 4) is 11.5 Å². The van der Waals surface area contributed by atoms with Crippen LogP contribution < -0.4 is 20.5 Å². The van der Waals surface area contributed by atoms with Gasteiger partial charge >= 0.3 is 0 Å². The molecule has 138 valence electrons. The summed E-state index contributed by atoms with van der Waals surface area (Å²) in [6.07, 6.45) is 6.99. The molecule has 1 aliphatic heterocycles. The molecule has 0 spiro atoms. The summed E-state index contributed by atoms with van der Waals surface area (Å²) < 4.78 is 16.8. The van der Waals surface area contributed by atoms with Gasteiger partial charge in [-0.05, 0) is 25.0 Å². The molecule has 6 heteroatoms. The first kappa shape index (κ1) is 17.9. The van der Waals surface area contributed by atoms with Crippen LogP contribution in [0.5, 0.6) is 11.5 Å². The van der Waals surface area contributed by atoms with E-state index in [1.807, 2.05) is 18.2 Å². The summed E-state index contributed by atoms with van der Waals surface area (Å²) in [5, 5.41) is 3.16. The lowest BCUT2D eigenvalue weighted by Crippen LogP contribution is -2.34. The molecule has 0 saturated heterocycles. The van der Waals surface area contributed by atoms with Gasteiger partial charge in [0.2, 0.25) is 0 Å². The molecular weight excluding hydrogens is 318 g/mol. The van der Waals surface area contributed by atoms with Crippen molar-refractivity contribution in [3.63, 3.8) is 0 Å². The Kier molecular flexibility index (Phi) is 6.02. The number of aliphatic imine (C=N–C) groups is 1. The summed E-state index contributed by atoms with van der Waals surface area (Å²) in [6, 6.07) is 5.75. The molecule has 1 aromatic rings. The zero-order valence-electron chi connectivity index (χ0n) is 15.1. The minimum absolute atomic E-state index is 0.129. The van der Waals surface area contributed by atoms with Crippen LogP contribution in [0.15, 0.2) is 23.2 Å². The first-order valence-electron chi connectivity index (χ1n) is 9.16. The zero-order chi connectivity index (χ0) is 17.5. The van der Waals surface area contributed by atoms with Gasteiger partial charge in [0.15, 0.2) is 17.5 Å². The monoisotopic (exact) mass is 347 g/mol. The minimum atomic E-state index is 0.129. The fourth-order valence-electron chi connectivity index (χ4n) is 3.64. The van der Waals surface area contributed by atoms with Gasteiger partial charge in [-0.2, -0.15) is 0 Å². The second-order valence-electron chi connectivity index (χ2n) is 7.03. The van der Waals surface area contributed by atoms with Gasteiger partial charge in [0, 0.05) is 30.7 Å². The first-order chi connectivity index (χ1) is 12.2. The van der Waals surface area contributed by atoms with Gasteiger partial charge in [0.25, 0.3) is 0 Å². The molecule has 0 amide bonds. The minimum Gasteiger partial charge on any atom is -0.490 e. The van der Waals surface area contributed by atoms with E-state index < -0.39 is 0 Å². The predicted molar refractivity (Wildman–Crippen MR) is 99.6 cm³/mol. The smallest absolute Gasteiger partial charge is 0.193 e. The molecule has 1 saturated carbocycles. The molecule has 1 aliphatic carbocycles. The van der Waals surface area contributed by atoms with Crippen molar-refractivity contribution in [1.82, 2.24) is 0 Å². The Bertz CT molecular complexity index is 592. The van der Waals surface area contributed by atoms with E-state index in [1.54, 1.807) is 7.11 Å². The summed E-state index contributed by atoms with van der Waals surface area (Å²) in [7, 11) is 1.76. The van der Waals surface area contributed by atoms with Gasteiger partial charge in [-0.3, -0.25) is 4.99 Å². The number of guanidine groups is 1. The number of nitrogens with one attached hydrogen (secondary N) is 1. The van der Waals surface area contributed by atoms with Crippen LogP contribution in [-0.4, -0.2) is 39.4 Å². The number of nitrogens with zero attached hydrogens (tertiary/aromatic N) is 1. The molecule has 1 fully saturated rings. The summed E-state index contributed by atoms with van der Waals surface area (Å²) in [4.78, 5) is 4.60. The maximum Gasteiger partial charge on any atom is 0.193 e. The fraction of sp³-hybridized carbons (Fsp3) is 0.632. The number of anilines is 1. The molecule has 0 aromatic heterocycles. The molecule has 1 heterocycles. The summed E-state index contributed by atoms with van der Waals surface area (Å²) in [5.74, 6) is 1.95. The van der Waals surface area contributed by atoms with E-state index in [0.717, 1.165) is 43.1 Å². The number of ether oxygens (including phenoxy) is 3. The molecule has 0 unspecified atom stereocenters. The highest BCUT2D eigenvalue weighted by Crippen LogP contribution is 2.37. The highest BCUT2D eigenvalue weighted by atomic mass is 16.5. The normalized spacial score (nSPS) is 20.0. The molecule has 2 aliphatic rings. The number of fused-ring (bicyclic) bond motifs is 1. The summed E-state index contributed by atoms with van der Waals surface area (Å²) in [5.41, 5.74) is 7.10. The molecule has 0 radical (unpaired) electrons. The van der Waals surface area contributed by atoms with E-state index in [1.165, 1.54) is 19.3 Å². The van der Waals surface area contributed by atoms with Crippen molar-refractivity contribution in [2.75, 3.05) is 38.8 Å². The predicted octanol–water partition coefficient (Wildman–Crippen LogP) is 3.17. The topological polar surface area (TPSA) is 78.1 Å². The number of hydrogen-bond acceptors (Lipinski definition) is 4. The Balaban J connectivity index is 1.63. The van der Waals surface area contributed by atoms with Crippen molar-refractivity contribution >= 4 is 11.6 Å². The third-order valence-corrected chi connectivity index (χ3v) is 4.97. The van der Waals surface area contributed by atoms with Gasteiger partial charge in [0.1, 0.15) is 0 Å². The van der Waals surface area contributed by atoms with Crippen LogP contribution in [-0.2, 0) is 4.74 Å². The summed E-state index contributed by atoms with van der Waals surface area (Å²) in [6.45, 7) is 2.79. The molecular formula is C19H29N3O3. The van der Waals surface area contributed by atoms with Crippen LogP contribution in [0.3, 0.4) is 0 Å². The SMILES string of the molecule is COCC1(CN=C(N)Nc2ccc3c(c2)OCCCO3)CCCCC1. The number of benzene rings is 1. The van der Waals surface area contributed by atoms with Gasteiger partial charge in [-0.1, -0.05) is 19.3 Å². The average molecular weight is 347 g/mol. The molecule has 3 N–H and O–H groups in total.